The SMILES string of the molecule is COc1ccc2c(C(=O)NCCCOC(C)C)cc(=O)oc2c1. The first-order chi connectivity index (χ1) is 11.0. The van der Waals surface area contributed by atoms with Gasteiger partial charge in [0.15, 0.2) is 0 Å². The summed E-state index contributed by atoms with van der Waals surface area (Å²) in [4.78, 5) is 24.0. The van der Waals surface area contributed by atoms with E-state index in [1.807, 2.05) is 13.8 Å². The molecular weight excluding hydrogens is 298 g/mol. The van der Waals surface area contributed by atoms with E-state index in [0.717, 1.165) is 0 Å². The van der Waals surface area contributed by atoms with Crippen molar-refractivity contribution in [1.29, 1.82) is 0 Å². The highest BCUT2D eigenvalue weighted by Gasteiger charge is 2.13. The molecule has 2 rings (SSSR count). The number of methoxy groups -OCH3 is 1. The summed E-state index contributed by atoms with van der Waals surface area (Å²) < 4.78 is 15.6. The Kier molecular flexibility index (Phi) is 5.76. The summed E-state index contributed by atoms with van der Waals surface area (Å²) in [5.41, 5.74) is 0.0490. The van der Waals surface area contributed by atoms with Crippen LogP contribution in [0.3, 0.4) is 0 Å². The molecule has 0 atom stereocenters. The lowest BCUT2D eigenvalue weighted by atomic mass is 10.1. The summed E-state index contributed by atoms with van der Waals surface area (Å²) >= 11 is 0. The number of hydrogen-bond donors (Lipinski definition) is 1. The zero-order chi connectivity index (χ0) is 16.8. The number of benzene rings is 1. The molecule has 1 heterocycles. The molecule has 1 aromatic carbocycles. The smallest absolute Gasteiger partial charge is 0.337 e. The number of hydrogen-bond acceptors (Lipinski definition) is 5. The van der Waals surface area contributed by atoms with Crippen LogP contribution in [-0.2, 0) is 4.74 Å². The highest BCUT2D eigenvalue weighted by molar-refractivity contribution is 6.05. The van der Waals surface area contributed by atoms with Gasteiger partial charge in [0.2, 0.25) is 0 Å². The van der Waals surface area contributed by atoms with Gasteiger partial charge in [-0.05, 0) is 32.4 Å². The molecule has 6 heteroatoms. The topological polar surface area (TPSA) is 77.8 Å². The summed E-state index contributed by atoms with van der Waals surface area (Å²) in [7, 11) is 1.52. The van der Waals surface area contributed by atoms with E-state index in [4.69, 9.17) is 13.9 Å². The van der Waals surface area contributed by atoms with Crippen LogP contribution in [-0.4, -0.2) is 32.3 Å². The van der Waals surface area contributed by atoms with Crippen molar-refractivity contribution in [3.63, 3.8) is 0 Å². The third-order valence-corrected chi connectivity index (χ3v) is 3.25. The first-order valence-corrected chi connectivity index (χ1v) is 7.53. The Morgan fingerprint density at radius 2 is 2.09 bits per heavy atom. The Morgan fingerprint density at radius 1 is 1.30 bits per heavy atom. The van der Waals surface area contributed by atoms with E-state index in [9.17, 15) is 9.59 Å². The van der Waals surface area contributed by atoms with Gasteiger partial charge in [-0.3, -0.25) is 4.79 Å². The van der Waals surface area contributed by atoms with Crippen LogP contribution < -0.4 is 15.7 Å². The first kappa shape index (κ1) is 17.0. The van der Waals surface area contributed by atoms with E-state index in [-0.39, 0.29) is 12.0 Å². The molecule has 6 nitrogen and oxygen atoms in total. The quantitative estimate of drug-likeness (QED) is 0.626. The van der Waals surface area contributed by atoms with Gasteiger partial charge < -0.3 is 19.2 Å². The number of nitrogens with one attached hydrogen (secondary N) is 1. The zero-order valence-electron chi connectivity index (χ0n) is 13.5. The van der Waals surface area contributed by atoms with Crippen LogP contribution >= 0.6 is 0 Å². The van der Waals surface area contributed by atoms with Crippen molar-refractivity contribution in [2.45, 2.75) is 26.4 Å². The Hall–Kier alpha value is -2.34. The standard InChI is InChI=1S/C17H21NO5/c1-11(2)22-8-4-7-18-17(20)14-10-16(19)23-15-9-12(21-3)5-6-13(14)15/h5-6,9-11H,4,7-8H2,1-3H3,(H,18,20). The molecule has 0 radical (unpaired) electrons. The molecule has 2 aromatic rings. The molecule has 0 unspecified atom stereocenters. The normalized spacial score (nSPS) is 11.0. The van der Waals surface area contributed by atoms with Crippen molar-refractivity contribution < 1.29 is 18.7 Å². The van der Waals surface area contributed by atoms with Gasteiger partial charge in [-0.15, -0.1) is 0 Å². The van der Waals surface area contributed by atoms with Crippen LogP contribution in [0.25, 0.3) is 11.0 Å². The van der Waals surface area contributed by atoms with Gasteiger partial charge in [0.25, 0.3) is 5.91 Å². The average Bonchev–Trinajstić information content (AvgIpc) is 2.52. The maximum atomic E-state index is 12.3. The van der Waals surface area contributed by atoms with Crippen LogP contribution in [0.5, 0.6) is 5.75 Å². The van der Waals surface area contributed by atoms with E-state index in [0.29, 0.717) is 41.9 Å². The molecule has 0 bridgehead atoms. The molecular formula is C17H21NO5. The number of carbonyl (C=O) groups excluding carboxylic acids is 1. The number of carbonyl (C=O) groups is 1. The minimum Gasteiger partial charge on any atom is -0.497 e. The lowest BCUT2D eigenvalue weighted by molar-refractivity contribution is 0.0757. The molecule has 1 N–H and O–H groups in total. The van der Waals surface area contributed by atoms with E-state index < -0.39 is 5.63 Å². The van der Waals surface area contributed by atoms with Crippen LogP contribution in [0.15, 0.2) is 33.5 Å². The lowest BCUT2D eigenvalue weighted by Crippen LogP contribution is -2.26. The van der Waals surface area contributed by atoms with Gasteiger partial charge in [0.05, 0.1) is 18.8 Å². The predicted molar refractivity (Wildman–Crippen MR) is 87.1 cm³/mol. The summed E-state index contributed by atoms with van der Waals surface area (Å²) in [6, 6.07) is 6.21. The molecule has 0 fully saturated rings. The van der Waals surface area contributed by atoms with E-state index in [1.165, 1.54) is 13.2 Å². The second-order valence-corrected chi connectivity index (χ2v) is 5.37. The molecule has 1 amide bonds. The number of fused-ring (bicyclic) bond motifs is 1. The summed E-state index contributed by atoms with van der Waals surface area (Å²) in [5, 5.41) is 3.36. The van der Waals surface area contributed by atoms with Gasteiger partial charge in [0.1, 0.15) is 11.3 Å². The largest absolute Gasteiger partial charge is 0.497 e. The molecule has 0 aliphatic heterocycles. The number of rotatable bonds is 7. The maximum Gasteiger partial charge on any atom is 0.337 e. The van der Waals surface area contributed by atoms with Crippen LogP contribution in [0, 0.1) is 0 Å². The first-order valence-electron chi connectivity index (χ1n) is 7.53. The minimum atomic E-state index is -0.570. The van der Waals surface area contributed by atoms with E-state index in [1.54, 1.807) is 18.2 Å². The average molecular weight is 319 g/mol. The summed E-state index contributed by atoms with van der Waals surface area (Å²) in [6.07, 6.45) is 0.875. The third kappa shape index (κ3) is 4.56. The van der Waals surface area contributed by atoms with E-state index >= 15 is 0 Å². The van der Waals surface area contributed by atoms with Crippen molar-refractivity contribution in [3.8, 4) is 5.75 Å². The molecule has 0 spiro atoms. The fraction of sp³-hybridized carbons (Fsp3) is 0.412. The summed E-state index contributed by atoms with van der Waals surface area (Å²) in [6.45, 7) is 4.97. The number of ether oxygens (including phenoxy) is 2. The van der Waals surface area contributed by atoms with Crippen LogP contribution in [0.2, 0.25) is 0 Å². The van der Waals surface area contributed by atoms with Crippen LogP contribution in [0.4, 0.5) is 0 Å². The Balaban J connectivity index is 2.12. The maximum absolute atomic E-state index is 12.3. The molecule has 23 heavy (non-hydrogen) atoms. The van der Waals surface area contributed by atoms with Gasteiger partial charge in [-0.25, -0.2) is 4.79 Å². The summed E-state index contributed by atoms with van der Waals surface area (Å²) in [5.74, 6) is 0.252. The Morgan fingerprint density at radius 3 is 2.78 bits per heavy atom. The van der Waals surface area contributed by atoms with Gasteiger partial charge in [0, 0.05) is 30.7 Å². The Labute approximate surface area is 134 Å². The van der Waals surface area contributed by atoms with Gasteiger partial charge in [-0.2, -0.15) is 0 Å². The van der Waals surface area contributed by atoms with Crippen molar-refractivity contribution in [1.82, 2.24) is 5.32 Å². The fourth-order valence-electron chi connectivity index (χ4n) is 2.15. The molecule has 0 aliphatic carbocycles. The van der Waals surface area contributed by atoms with Gasteiger partial charge >= 0.3 is 5.63 Å². The highest BCUT2D eigenvalue weighted by Crippen LogP contribution is 2.22. The fourth-order valence-corrected chi connectivity index (χ4v) is 2.15. The lowest BCUT2D eigenvalue weighted by Gasteiger charge is -2.09. The second-order valence-electron chi connectivity index (χ2n) is 5.37. The van der Waals surface area contributed by atoms with Crippen molar-refractivity contribution in [2.24, 2.45) is 0 Å². The van der Waals surface area contributed by atoms with Crippen LogP contribution in [0.1, 0.15) is 30.6 Å². The highest BCUT2D eigenvalue weighted by atomic mass is 16.5. The molecule has 0 aliphatic rings. The molecule has 1 aromatic heterocycles. The molecule has 124 valence electrons. The predicted octanol–water partition coefficient (Wildman–Crippen LogP) is 2.35. The van der Waals surface area contributed by atoms with Crippen molar-refractivity contribution >= 4 is 16.9 Å². The van der Waals surface area contributed by atoms with Crippen molar-refractivity contribution in [2.75, 3.05) is 20.3 Å². The van der Waals surface area contributed by atoms with Crippen molar-refractivity contribution in [3.05, 3.63) is 40.2 Å². The minimum absolute atomic E-state index is 0.170. The monoisotopic (exact) mass is 319 g/mol. The third-order valence-electron chi connectivity index (χ3n) is 3.25. The molecule has 0 saturated heterocycles. The Bertz CT molecular complexity index is 735. The molecule has 0 saturated carbocycles. The zero-order valence-corrected chi connectivity index (χ0v) is 13.5. The second kappa shape index (κ2) is 7.78. The van der Waals surface area contributed by atoms with Gasteiger partial charge in [-0.1, -0.05) is 0 Å². The number of amides is 1. The van der Waals surface area contributed by atoms with E-state index in [2.05, 4.69) is 5.32 Å².